The van der Waals surface area contributed by atoms with Crippen molar-refractivity contribution in [3.8, 4) is 0 Å². The van der Waals surface area contributed by atoms with Crippen molar-refractivity contribution < 1.29 is 14.3 Å². The van der Waals surface area contributed by atoms with Crippen LogP contribution in [0.25, 0.3) is 0 Å². The molecule has 2 heterocycles. The van der Waals surface area contributed by atoms with Crippen LogP contribution in [0, 0.1) is 11.3 Å². The Morgan fingerprint density at radius 3 is 2.93 bits per heavy atom. The van der Waals surface area contributed by atoms with E-state index in [2.05, 4.69) is 16.0 Å². The molecule has 1 aliphatic carbocycles. The number of ether oxygens (including phenoxy) is 1. The Hall–Kier alpha value is -1.63. The molecule has 1 unspecified atom stereocenters. The van der Waals surface area contributed by atoms with E-state index in [0.717, 1.165) is 56.4 Å². The summed E-state index contributed by atoms with van der Waals surface area (Å²) in [6.07, 6.45) is 5.86. The Bertz CT molecular complexity index is 708. The predicted octanol–water partition coefficient (Wildman–Crippen LogP) is 2.62. The van der Waals surface area contributed by atoms with Crippen molar-refractivity contribution in [1.29, 1.82) is 0 Å². The van der Waals surface area contributed by atoms with Gasteiger partial charge in [-0.15, -0.1) is 12.4 Å². The fraction of sp³-hybridized carbons (Fsp3) is 0.619. The fourth-order valence-electron chi connectivity index (χ4n) is 4.82. The Labute approximate surface area is 172 Å². The normalized spacial score (nSPS) is 28.9. The summed E-state index contributed by atoms with van der Waals surface area (Å²) in [5.74, 6) is 0.545. The van der Waals surface area contributed by atoms with Crippen molar-refractivity contribution in [3.63, 3.8) is 0 Å². The van der Waals surface area contributed by atoms with Gasteiger partial charge in [0.15, 0.2) is 0 Å². The fourth-order valence-corrected chi connectivity index (χ4v) is 4.82. The smallest absolute Gasteiger partial charge is 0.253 e. The zero-order valence-corrected chi connectivity index (χ0v) is 17.0. The minimum Gasteiger partial charge on any atom is -0.368 e. The lowest BCUT2D eigenvalue weighted by molar-refractivity contribution is -0.134. The molecule has 1 aromatic rings. The van der Waals surface area contributed by atoms with Gasteiger partial charge in [-0.1, -0.05) is 25.0 Å². The van der Waals surface area contributed by atoms with Crippen molar-refractivity contribution in [2.75, 3.05) is 25.0 Å². The second-order valence-electron chi connectivity index (χ2n) is 8.10. The maximum atomic E-state index is 13.0. The van der Waals surface area contributed by atoms with Gasteiger partial charge < -0.3 is 20.7 Å². The molecule has 3 aliphatic rings. The molecule has 3 N–H and O–H groups in total. The first kappa shape index (κ1) is 21.1. The molecule has 1 aromatic carbocycles. The molecule has 3 atom stereocenters. The van der Waals surface area contributed by atoms with E-state index in [9.17, 15) is 9.59 Å². The van der Waals surface area contributed by atoms with E-state index in [4.69, 9.17) is 4.74 Å². The average Bonchev–Trinajstić information content (AvgIpc) is 3.36. The quantitative estimate of drug-likeness (QED) is 0.701. The number of carbonyl (C=O) groups excluding carboxylic acids is 2. The van der Waals surface area contributed by atoms with E-state index in [-0.39, 0.29) is 35.7 Å². The highest BCUT2D eigenvalue weighted by atomic mass is 35.5. The molecule has 7 heteroatoms. The van der Waals surface area contributed by atoms with Crippen molar-refractivity contribution >= 4 is 29.9 Å². The molecular weight excluding hydrogens is 378 g/mol. The van der Waals surface area contributed by atoms with Gasteiger partial charge in [-0.05, 0) is 55.8 Å². The number of rotatable bonds is 5. The Balaban J connectivity index is 0.00000225. The minimum atomic E-state index is -0.342. The zero-order valence-electron chi connectivity index (χ0n) is 16.2. The first-order valence-electron chi connectivity index (χ1n) is 10.2. The van der Waals surface area contributed by atoms with Crippen molar-refractivity contribution in [1.82, 2.24) is 10.6 Å². The van der Waals surface area contributed by atoms with Crippen molar-refractivity contribution in [2.24, 2.45) is 11.3 Å². The topological polar surface area (TPSA) is 79.5 Å². The maximum absolute atomic E-state index is 13.0. The van der Waals surface area contributed by atoms with Crippen molar-refractivity contribution in [2.45, 2.75) is 51.2 Å². The van der Waals surface area contributed by atoms with Crippen LogP contribution in [0.2, 0.25) is 0 Å². The van der Waals surface area contributed by atoms with E-state index >= 15 is 0 Å². The summed E-state index contributed by atoms with van der Waals surface area (Å²) in [4.78, 5) is 25.2. The number of nitrogens with one attached hydrogen (secondary N) is 3. The van der Waals surface area contributed by atoms with Gasteiger partial charge in [0, 0.05) is 25.4 Å². The summed E-state index contributed by atoms with van der Waals surface area (Å²) >= 11 is 0. The standard InChI is InChI=1S/C21H29N3O3.ClH/c25-19(18-8-4-10-27-18)24-17-7-3-5-15(11-17)12-23-20(26)21-9-2-1-6-16(21)13-22-14-21;/h3,5,7,11,16,18,22H,1-2,4,6,8-10,12-14H2,(H,23,26)(H,24,25);1H/t16-,18?,21+;/m0./s1. The lowest BCUT2D eigenvalue weighted by atomic mass is 9.67. The largest absolute Gasteiger partial charge is 0.368 e. The van der Waals surface area contributed by atoms with Gasteiger partial charge in [-0.2, -0.15) is 0 Å². The molecule has 4 rings (SSSR count). The third-order valence-electron chi connectivity index (χ3n) is 6.36. The number of hydrogen-bond acceptors (Lipinski definition) is 4. The van der Waals surface area contributed by atoms with Crippen LogP contribution < -0.4 is 16.0 Å². The average molecular weight is 408 g/mol. The van der Waals surface area contributed by atoms with Gasteiger partial charge in [0.05, 0.1) is 5.41 Å². The lowest BCUT2D eigenvalue weighted by Gasteiger charge is -2.37. The van der Waals surface area contributed by atoms with E-state index in [0.29, 0.717) is 19.1 Å². The van der Waals surface area contributed by atoms with Gasteiger partial charge in [0.2, 0.25) is 5.91 Å². The molecule has 6 nitrogen and oxygen atoms in total. The molecule has 154 valence electrons. The zero-order chi connectivity index (χ0) is 18.7. The first-order valence-corrected chi connectivity index (χ1v) is 10.2. The summed E-state index contributed by atoms with van der Waals surface area (Å²) in [7, 11) is 0. The molecule has 28 heavy (non-hydrogen) atoms. The molecule has 1 saturated carbocycles. The van der Waals surface area contributed by atoms with Crippen LogP contribution in [0.5, 0.6) is 0 Å². The van der Waals surface area contributed by atoms with E-state index in [1.807, 2.05) is 24.3 Å². The van der Waals surface area contributed by atoms with E-state index < -0.39 is 0 Å². The molecule has 0 aromatic heterocycles. The number of anilines is 1. The van der Waals surface area contributed by atoms with Gasteiger partial charge >= 0.3 is 0 Å². The predicted molar refractivity (Wildman–Crippen MR) is 110 cm³/mol. The molecular formula is C21H30ClN3O3. The number of hydrogen-bond donors (Lipinski definition) is 3. The summed E-state index contributed by atoms with van der Waals surface area (Å²) in [5.41, 5.74) is 1.51. The molecule has 0 bridgehead atoms. The monoisotopic (exact) mass is 407 g/mol. The van der Waals surface area contributed by atoms with Crippen LogP contribution in [0.4, 0.5) is 5.69 Å². The lowest BCUT2D eigenvalue weighted by Crippen LogP contribution is -2.47. The number of fused-ring (bicyclic) bond motifs is 1. The SMILES string of the molecule is Cl.O=C(Nc1cccc(CNC(=O)[C@@]23CCCC[C@H]2CNC3)c1)C1CCCO1. The maximum Gasteiger partial charge on any atom is 0.253 e. The molecule has 2 saturated heterocycles. The highest BCUT2D eigenvalue weighted by molar-refractivity contribution is 5.94. The van der Waals surface area contributed by atoms with Crippen LogP contribution in [-0.4, -0.2) is 37.6 Å². The number of amides is 2. The molecule has 0 spiro atoms. The van der Waals surface area contributed by atoms with Crippen LogP contribution in [-0.2, 0) is 20.9 Å². The highest BCUT2D eigenvalue weighted by Crippen LogP contribution is 2.43. The summed E-state index contributed by atoms with van der Waals surface area (Å²) in [6.45, 7) is 2.89. The van der Waals surface area contributed by atoms with Gasteiger partial charge in [0.25, 0.3) is 5.91 Å². The summed E-state index contributed by atoms with van der Waals surface area (Å²) < 4.78 is 5.43. The second kappa shape index (κ2) is 9.25. The van der Waals surface area contributed by atoms with Gasteiger partial charge in [0.1, 0.15) is 6.10 Å². The first-order chi connectivity index (χ1) is 13.2. The number of halogens is 1. The van der Waals surface area contributed by atoms with Crippen LogP contribution >= 0.6 is 12.4 Å². The Morgan fingerprint density at radius 2 is 2.11 bits per heavy atom. The van der Waals surface area contributed by atoms with Gasteiger partial charge in [-0.3, -0.25) is 9.59 Å². The Morgan fingerprint density at radius 1 is 1.21 bits per heavy atom. The van der Waals surface area contributed by atoms with Crippen LogP contribution in [0.1, 0.15) is 44.1 Å². The Kier molecular flexibility index (Phi) is 6.96. The number of benzene rings is 1. The van der Waals surface area contributed by atoms with Gasteiger partial charge in [-0.25, -0.2) is 0 Å². The van der Waals surface area contributed by atoms with Crippen LogP contribution in [0.3, 0.4) is 0 Å². The highest BCUT2D eigenvalue weighted by Gasteiger charge is 2.49. The van der Waals surface area contributed by atoms with E-state index in [1.165, 1.54) is 6.42 Å². The third kappa shape index (κ3) is 4.34. The molecule has 3 fully saturated rings. The minimum absolute atomic E-state index is 0. The second-order valence-corrected chi connectivity index (χ2v) is 8.10. The summed E-state index contributed by atoms with van der Waals surface area (Å²) in [6, 6.07) is 7.68. The number of carbonyl (C=O) groups is 2. The van der Waals surface area contributed by atoms with Crippen LogP contribution in [0.15, 0.2) is 24.3 Å². The molecule has 2 aliphatic heterocycles. The van der Waals surface area contributed by atoms with Crippen molar-refractivity contribution in [3.05, 3.63) is 29.8 Å². The summed E-state index contributed by atoms with van der Waals surface area (Å²) in [5, 5.41) is 9.50. The molecule has 0 radical (unpaired) electrons. The van der Waals surface area contributed by atoms with E-state index in [1.54, 1.807) is 0 Å². The molecule has 2 amide bonds. The third-order valence-corrected chi connectivity index (χ3v) is 6.36.